The predicted octanol–water partition coefficient (Wildman–Crippen LogP) is 2.84. The second-order valence-corrected chi connectivity index (χ2v) is 4.55. The SMILES string of the molecule is Cc1cc(C)cc(NCC(O)c2ccncc2)c1. The van der Waals surface area contributed by atoms with Crippen LogP contribution < -0.4 is 5.32 Å². The van der Waals surface area contributed by atoms with E-state index in [1.54, 1.807) is 12.4 Å². The Morgan fingerprint density at radius 3 is 2.33 bits per heavy atom. The number of benzene rings is 1. The fourth-order valence-corrected chi connectivity index (χ4v) is 1.99. The lowest BCUT2D eigenvalue weighted by molar-refractivity contribution is 0.191. The monoisotopic (exact) mass is 242 g/mol. The maximum absolute atomic E-state index is 10.0. The summed E-state index contributed by atoms with van der Waals surface area (Å²) >= 11 is 0. The summed E-state index contributed by atoms with van der Waals surface area (Å²) in [5.74, 6) is 0. The van der Waals surface area contributed by atoms with E-state index in [9.17, 15) is 5.11 Å². The Balaban J connectivity index is 1.99. The molecule has 94 valence electrons. The summed E-state index contributed by atoms with van der Waals surface area (Å²) < 4.78 is 0. The van der Waals surface area contributed by atoms with Gasteiger partial charge in [-0.3, -0.25) is 4.98 Å². The van der Waals surface area contributed by atoms with E-state index in [1.165, 1.54) is 11.1 Å². The van der Waals surface area contributed by atoms with Crippen molar-refractivity contribution in [2.24, 2.45) is 0 Å². The van der Waals surface area contributed by atoms with Crippen LogP contribution in [0.5, 0.6) is 0 Å². The molecule has 0 aliphatic rings. The lowest BCUT2D eigenvalue weighted by Crippen LogP contribution is -2.12. The topological polar surface area (TPSA) is 45.1 Å². The van der Waals surface area contributed by atoms with E-state index in [-0.39, 0.29) is 0 Å². The molecule has 0 aliphatic heterocycles. The van der Waals surface area contributed by atoms with Crippen molar-refractivity contribution in [3.8, 4) is 0 Å². The predicted molar refractivity (Wildman–Crippen MR) is 73.6 cm³/mol. The van der Waals surface area contributed by atoms with Gasteiger partial charge < -0.3 is 10.4 Å². The van der Waals surface area contributed by atoms with Crippen molar-refractivity contribution in [2.75, 3.05) is 11.9 Å². The minimum Gasteiger partial charge on any atom is -0.387 e. The molecule has 1 heterocycles. The standard InChI is InChI=1S/C15H18N2O/c1-11-7-12(2)9-14(8-11)17-10-15(18)13-3-5-16-6-4-13/h3-9,15,17-18H,10H2,1-2H3. The Bertz CT molecular complexity index is 491. The Morgan fingerprint density at radius 1 is 1.11 bits per heavy atom. The van der Waals surface area contributed by atoms with Crippen LogP contribution in [0.3, 0.4) is 0 Å². The first-order valence-corrected chi connectivity index (χ1v) is 6.05. The highest BCUT2D eigenvalue weighted by Gasteiger charge is 2.06. The van der Waals surface area contributed by atoms with Crippen LogP contribution in [0.1, 0.15) is 22.8 Å². The molecule has 0 amide bonds. The van der Waals surface area contributed by atoms with E-state index in [1.807, 2.05) is 12.1 Å². The first kappa shape index (κ1) is 12.6. The molecule has 0 saturated heterocycles. The second-order valence-electron chi connectivity index (χ2n) is 4.55. The third-order valence-electron chi connectivity index (χ3n) is 2.81. The van der Waals surface area contributed by atoms with Gasteiger partial charge in [-0.25, -0.2) is 0 Å². The van der Waals surface area contributed by atoms with Crippen LogP contribution in [0.2, 0.25) is 0 Å². The zero-order chi connectivity index (χ0) is 13.0. The first-order valence-electron chi connectivity index (χ1n) is 6.05. The van der Waals surface area contributed by atoms with E-state index < -0.39 is 6.10 Å². The number of pyridine rings is 1. The van der Waals surface area contributed by atoms with Crippen LogP contribution in [0.25, 0.3) is 0 Å². The van der Waals surface area contributed by atoms with Crippen molar-refractivity contribution >= 4 is 5.69 Å². The zero-order valence-electron chi connectivity index (χ0n) is 10.7. The fourth-order valence-electron chi connectivity index (χ4n) is 1.99. The third-order valence-corrected chi connectivity index (χ3v) is 2.81. The number of aliphatic hydroxyl groups is 1. The molecule has 0 aliphatic carbocycles. The van der Waals surface area contributed by atoms with Gasteiger partial charge in [-0.15, -0.1) is 0 Å². The molecular formula is C15H18N2O. The summed E-state index contributed by atoms with van der Waals surface area (Å²) in [5, 5.41) is 13.3. The van der Waals surface area contributed by atoms with Crippen molar-refractivity contribution in [3.05, 3.63) is 59.4 Å². The van der Waals surface area contributed by atoms with Gasteiger partial charge >= 0.3 is 0 Å². The first-order chi connectivity index (χ1) is 8.65. The molecule has 0 spiro atoms. The lowest BCUT2D eigenvalue weighted by atomic mass is 10.1. The van der Waals surface area contributed by atoms with E-state index in [0.717, 1.165) is 11.3 Å². The Kier molecular flexibility index (Phi) is 3.95. The summed E-state index contributed by atoms with van der Waals surface area (Å²) in [6.07, 6.45) is 2.86. The number of anilines is 1. The molecule has 0 fully saturated rings. The van der Waals surface area contributed by atoms with Crippen molar-refractivity contribution in [1.82, 2.24) is 4.98 Å². The molecule has 2 N–H and O–H groups in total. The minimum absolute atomic E-state index is 0.493. The highest BCUT2D eigenvalue weighted by Crippen LogP contribution is 2.16. The van der Waals surface area contributed by atoms with Gasteiger partial charge in [0.1, 0.15) is 0 Å². The number of hydrogen-bond donors (Lipinski definition) is 2. The minimum atomic E-state index is -0.520. The quantitative estimate of drug-likeness (QED) is 0.866. The summed E-state index contributed by atoms with van der Waals surface area (Å²) in [6, 6.07) is 9.94. The smallest absolute Gasteiger partial charge is 0.0963 e. The number of aliphatic hydroxyl groups excluding tert-OH is 1. The third kappa shape index (κ3) is 3.31. The van der Waals surface area contributed by atoms with Crippen LogP contribution in [0, 0.1) is 13.8 Å². The maximum atomic E-state index is 10.0. The number of rotatable bonds is 4. The molecule has 1 unspecified atom stereocenters. The van der Waals surface area contributed by atoms with E-state index in [2.05, 4.69) is 42.3 Å². The molecule has 2 rings (SSSR count). The summed E-state index contributed by atoms with van der Waals surface area (Å²) in [5.41, 5.74) is 4.36. The largest absolute Gasteiger partial charge is 0.387 e. The zero-order valence-corrected chi connectivity index (χ0v) is 10.7. The fraction of sp³-hybridized carbons (Fsp3) is 0.267. The maximum Gasteiger partial charge on any atom is 0.0963 e. The van der Waals surface area contributed by atoms with Crippen molar-refractivity contribution in [1.29, 1.82) is 0 Å². The number of nitrogens with one attached hydrogen (secondary N) is 1. The molecule has 18 heavy (non-hydrogen) atoms. The van der Waals surface area contributed by atoms with E-state index in [4.69, 9.17) is 0 Å². The van der Waals surface area contributed by atoms with Crippen molar-refractivity contribution < 1.29 is 5.11 Å². The number of aromatic nitrogens is 1. The molecule has 0 saturated carbocycles. The molecule has 0 bridgehead atoms. The van der Waals surface area contributed by atoms with Gasteiger partial charge in [0.2, 0.25) is 0 Å². The average Bonchev–Trinajstić information content (AvgIpc) is 2.36. The average molecular weight is 242 g/mol. The van der Waals surface area contributed by atoms with E-state index in [0.29, 0.717) is 6.54 Å². The number of hydrogen-bond acceptors (Lipinski definition) is 3. The Labute approximate surface area is 108 Å². The molecule has 3 nitrogen and oxygen atoms in total. The van der Waals surface area contributed by atoms with Gasteiger partial charge in [0, 0.05) is 24.6 Å². The molecule has 0 radical (unpaired) electrons. The summed E-state index contributed by atoms with van der Waals surface area (Å²) in [7, 11) is 0. The van der Waals surface area contributed by atoms with Crippen molar-refractivity contribution in [2.45, 2.75) is 20.0 Å². The lowest BCUT2D eigenvalue weighted by Gasteiger charge is -2.13. The highest BCUT2D eigenvalue weighted by atomic mass is 16.3. The van der Waals surface area contributed by atoms with Gasteiger partial charge in [-0.05, 0) is 54.8 Å². The molecule has 2 aromatic rings. The van der Waals surface area contributed by atoms with Gasteiger partial charge in [0.05, 0.1) is 6.10 Å². The van der Waals surface area contributed by atoms with Crippen LogP contribution in [-0.4, -0.2) is 16.6 Å². The van der Waals surface area contributed by atoms with Crippen LogP contribution >= 0.6 is 0 Å². The number of nitrogens with zero attached hydrogens (tertiary/aromatic N) is 1. The highest BCUT2D eigenvalue weighted by molar-refractivity contribution is 5.48. The molecule has 3 heteroatoms. The molecule has 1 atom stereocenters. The number of aryl methyl sites for hydroxylation is 2. The van der Waals surface area contributed by atoms with Gasteiger partial charge in [0.15, 0.2) is 0 Å². The van der Waals surface area contributed by atoms with Gasteiger partial charge in [0.25, 0.3) is 0 Å². The normalized spacial score (nSPS) is 12.2. The van der Waals surface area contributed by atoms with Crippen LogP contribution in [0.15, 0.2) is 42.7 Å². The van der Waals surface area contributed by atoms with E-state index >= 15 is 0 Å². The summed E-state index contributed by atoms with van der Waals surface area (Å²) in [6.45, 7) is 4.63. The molecule has 1 aromatic carbocycles. The molecular weight excluding hydrogens is 224 g/mol. The van der Waals surface area contributed by atoms with Crippen molar-refractivity contribution in [3.63, 3.8) is 0 Å². The van der Waals surface area contributed by atoms with Crippen LogP contribution in [0.4, 0.5) is 5.69 Å². The Hall–Kier alpha value is -1.87. The van der Waals surface area contributed by atoms with Crippen LogP contribution in [-0.2, 0) is 0 Å². The van der Waals surface area contributed by atoms with Gasteiger partial charge in [-0.2, -0.15) is 0 Å². The molecule has 1 aromatic heterocycles. The van der Waals surface area contributed by atoms with Gasteiger partial charge in [-0.1, -0.05) is 6.07 Å². The second kappa shape index (κ2) is 5.65. The summed E-state index contributed by atoms with van der Waals surface area (Å²) in [4.78, 5) is 3.94. The Morgan fingerprint density at radius 2 is 1.72 bits per heavy atom.